The first-order valence-electron chi connectivity index (χ1n) is 10.9. The second kappa shape index (κ2) is 8.36. The molecule has 0 amide bonds. The van der Waals surface area contributed by atoms with E-state index in [1.54, 1.807) is 17.7 Å². The Balaban J connectivity index is 2.03. The van der Waals surface area contributed by atoms with Gasteiger partial charge < -0.3 is 9.30 Å². The molecule has 0 aliphatic carbocycles. The largest absolute Gasteiger partial charge is 0.385 e. The van der Waals surface area contributed by atoms with Crippen LogP contribution in [-0.2, 0) is 23.7 Å². The van der Waals surface area contributed by atoms with Crippen LogP contribution in [0.3, 0.4) is 0 Å². The molecular weight excluding hydrogens is 402 g/mol. The van der Waals surface area contributed by atoms with Crippen molar-refractivity contribution in [1.82, 2.24) is 14.1 Å². The summed E-state index contributed by atoms with van der Waals surface area (Å²) in [5, 5.41) is 0.644. The van der Waals surface area contributed by atoms with Crippen LogP contribution in [0.25, 0.3) is 33.3 Å². The predicted molar refractivity (Wildman–Crippen MR) is 129 cm³/mol. The van der Waals surface area contributed by atoms with Crippen LogP contribution >= 0.6 is 0 Å². The zero-order valence-corrected chi connectivity index (χ0v) is 19.3. The number of pyridine rings is 1. The Hall–Kier alpha value is -3.25. The van der Waals surface area contributed by atoms with Crippen LogP contribution in [0.5, 0.6) is 0 Å². The van der Waals surface area contributed by atoms with E-state index in [-0.39, 0.29) is 21.8 Å². The number of rotatable bonds is 5. The maximum atomic E-state index is 13.6. The van der Waals surface area contributed by atoms with E-state index in [4.69, 9.17) is 9.72 Å². The van der Waals surface area contributed by atoms with Crippen molar-refractivity contribution in [2.75, 3.05) is 13.7 Å². The highest BCUT2D eigenvalue weighted by Crippen LogP contribution is 2.26. The van der Waals surface area contributed by atoms with E-state index in [9.17, 15) is 9.59 Å². The van der Waals surface area contributed by atoms with Crippen LogP contribution in [0.2, 0.25) is 0 Å². The molecule has 6 heteroatoms. The van der Waals surface area contributed by atoms with Gasteiger partial charge in [0.05, 0.1) is 5.52 Å². The van der Waals surface area contributed by atoms with Crippen molar-refractivity contribution in [2.24, 2.45) is 7.05 Å². The number of ether oxygens (including phenoxy) is 1. The van der Waals surface area contributed by atoms with Gasteiger partial charge in [-0.2, -0.15) is 0 Å². The zero-order chi connectivity index (χ0) is 23.0. The third-order valence-electron chi connectivity index (χ3n) is 5.94. The van der Waals surface area contributed by atoms with Gasteiger partial charge in [0.2, 0.25) is 5.43 Å². The van der Waals surface area contributed by atoms with Gasteiger partial charge in [-0.1, -0.05) is 57.2 Å². The molecule has 0 spiro atoms. The van der Waals surface area contributed by atoms with Crippen molar-refractivity contribution in [2.45, 2.75) is 39.2 Å². The third-order valence-corrected chi connectivity index (χ3v) is 5.94. The van der Waals surface area contributed by atoms with Gasteiger partial charge in [0.15, 0.2) is 5.65 Å². The Bertz CT molecular complexity index is 1410. The number of para-hydroxylation sites is 1. The average Bonchev–Trinajstić information content (AvgIpc) is 2.78. The SMILES string of the molecule is COCCCn1c(-c2ccc(C(C)(C)C)cc2)nc2c(c(=O)c3ccccc3n2C)c1=O. The summed E-state index contributed by atoms with van der Waals surface area (Å²) in [7, 11) is 3.48. The topological polar surface area (TPSA) is 66.1 Å². The molecule has 2 heterocycles. The number of hydrogen-bond donors (Lipinski definition) is 0. The van der Waals surface area contributed by atoms with Crippen LogP contribution in [0, 0.1) is 0 Å². The Labute approximate surface area is 187 Å². The molecular formula is C26H29N3O3. The van der Waals surface area contributed by atoms with Crippen molar-refractivity contribution in [1.29, 1.82) is 0 Å². The van der Waals surface area contributed by atoms with E-state index in [1.807, 2.05) is 41.9 Å². The number of benzene rings is 2. The number of methoxy groups -OCH3 is 1. The molecule has 0 aliphatic heterocycles. The number of aryl methyl sites for hydroxylation is 1. The summed E-state index contributed by atoms with van der Waals surface area (Å²) in [6.45, 7) is 7.43. The minimum absolute atomic E-state index is 0.0241. The van der Waals surface area contributed by atoms with Crippen LogP contribution < -0.4 is 11.0 Å². The summed E-state index contributed by atoms with van der Waals surface area (Å²) >= 11 is 0. The molecule has 4 aromatic rings. The first-order valence-corrected chi connectivity index (χ1v) is 10.9. The summed E-state index contributed by atoms with van der Waals surface area (Å²) in [6, 6.07) is 15.5. The van der Waals surface area contributed by atoms with Crippen molar-refractivity contribution in [3.8, 4) is 11.4 Å². The monoisotopic (exact) mass is 431 g/mol. The van der Waals surface area contributed by atoms with E-state index >= 15 is 0 Å². The second-order valence-electron chi connectivity index (χ2n) is 9.17. The molecule has 0 fully saturated rings. The maximum Gasteiger partial charge on any atom is 0.267 e. The summed E-state index contributed by atoms with van der Waals surface area (Å²) in [4.78, 5) is 31.8. The smallest absolute Gasteiger partial charge is 0.267 e. The molecule has 0 N–H and O–H groups in total. The quantitative estimate of drug-likeness (QED) is 0.350. The lowest BCUT2D eigenvalue weighted by Crippen LogP contribution is -2.29. The highest BCUT2D eigenvalue weighted by atomic mass is 16.5. The molecule has 0 bridgehead atoms. The summed E-state index contributed by atoms with van der Waals surface area (Å²) in [5.74, 6) is 0.560. The normalized spacial score (nSPS) is 12.0. The predicted octanol–water partition coefficient (Wildman–Crippen LogP) is 4.25. The van der Waals surface area contributed by atoms with Crippen molar-refractivity contribution in [3.05, 3.63) is 74.7 Å². The fourth-order valence-corrected chi connectivity index (χ4v) is 4.11. The van der Waals surface area contributed by atoms with Crippen LogP contribution in [0.4, 0.5) is 0 Å². The Morgan fingerprint density at radius 2 is 1.69 bits per heavy atom. The molecule has 32 heavy (non-hydrogen) atoms. The molecule has 0 saturated heterocycles. The van der Waals surface area contributed by atoms with Crippen LogP contribution in [0.15, 0.2) is 58.1 Å². The molecule has 2 aromatic heterocycles. The minimum atomic E-state index is -0.313. The first-order chi connectivity index (χ1) is 15.2. The van der Waals surface area contributed by atoms with Gasteiger partial charge >= 0.3 is 0 Å². The maximum absolute atomic E-state index is 13.6. The van der Waals surface area contributed by atoms with E-state index in [0.717, 1.165) is 11.1 Å². The highest BCUT2D eigenvalue weighted by Gasteiger charge is 2.20. The van der Waals surface area contributed by atoms with E-state index in [2.05, 4.69) is 32.9 Å². The standard InChI is InChI=1S/C26H29N3O3/c1-26(2,3)18-13-11-17(12-14-18)23-27-24-21(25(31)29(23)15-8-16-32-5)22(30)19-9-6-7-10-20(19)28(24)4/h6-7,9-14H,8,15-16H2,1-5H3. The van der Waals surface area contributed by atoms with Gasteiger partial charge in [0.1, 0.15) is 11.2 Å². The molecule has 0 aliphatic rings. The average molecular weight is 432 g/mol. The fourth-order valence-electron chi connectivity index (χ4n) is 4.11. The van der Waals surface area contributed by atoms with Gasteiger partial charge in [0, 0.05) is 38.3 Å². The van der Waals surface area contributed by atoms with Gasteiger partial charge in [-0.25, -0.2) is 4.98 Å². The van der Waals surface area contributed by atoms with Gasteiger partial charge in [-0.05, 0) is 29.5 Å². The number of nitrogens with zero attached hydrogens (tertiary/aromatic N) is 3. The Morgan fingerprint density at radius 3 is 2.34 bits per heavy atom. The van der Waals surface area contributed by atoms with Crippen molar-refractivity contribution in [3.63, 3.8) is 0 Å². The molecule has 166 valence electrons. The second-order valence-corrected chi connectivity index (χ2v) is 9.17. The number of aromatic nitrogens is 3. The zero-order valence-electron chi connectivity index (χ0n) is 19.3. The minimum Gasteiger partial charge on any atom is -0.385 e. The molecule has 0 saturated carbocycles. The number of hydrogen-bond acceptors (Lipinski definition) is 4. The molecule has 6 nitrogen and oxygen atoms in total. The lowest BCUT2D eigenvalue weighted by atomic mass is 9.86. The molecule has 0 atom stereocenters. The molecule has 0 unspecified atom stereocenters. The third kappa shape index (κ3) is 3.75. The van der Waals surface area contributed by atoms with Gasteiger partial charge in [0.25, 0.3) is 5.56 Å². The Kier molecular flexibility index (Phi) is 5.73. The Morgan fingerprint density at radius 1 is 1.00 bits per heavy atom. The van der Waals surface area contributed by atoms with Crippen molar-refractivity contribution < 1.29 is 4.74 Å². The lowest BCUT2D eigenvalue weighted by molar-refractivity contribution is 0.190. The summed E-state index contributed by atoms with van der Waals surface area (Å²) in [5.41, 5.74) is 2.63. The van der Waals surface area contributed by atoms with Crippen LogP contribution in [0.1, 0.15) is 32.8 Å². The van der Waals surface area contributed by atoms with Crippen molar-refractivity contribution >= 4 is 21.9 Å². The lowest BCUT2D eigenvalue weighted by Gasteiger charge is -2.20. The molecule has 4 rings (SSSR count). The highest BCUT2D eigenvalue weighted by molar-refractivity contribution is 5.91. The summed E-state index contributed by atoms with van der Waals surface area (Å²) in [6.07, 6.45) is 0.643. The first kappa shape index (κ1) is 22.0. The van der Waals surface area contributed by atoms with E-state index in [0.29, 0.717) is 36.4 Å². The molecule has 2 aromatic carbocycles. The number of fused-ring (bicyclic) bond motifs is 2. The summed E-state index contributed by atoms with van der Waals surface area (Å²) < 4.78 is 8.64. The van der Waals surface area contributed by atoms with Gasteiger partial charge in [-0.15, -0.1) is 0 Å². The van der Waals surface area contributed by atoms with Gasteiger partial charge in [-0.3, -0.25) is 14.2 Å². The molecule has 0 radical (unpaired) electrons. The fraction of sp³-hybridized carbons (Fsp3) is 0.346. The van der Waals surface area contributed by atoms with E-state index in [1.165, 1.54) is 5.56 Å². The van der Waals surface area contributed by atoms with E-state index < -0.39 is 0 Å². The van der Waals surface area contributed by atoms with Crippen LogP contribution in [-0.4, -0.2) is 27.8 Å².